The molecule has 3 rings (SSSR count). The highest BCUT2D eigenvalue weighted by molar-refractivity contribution is 6.12. The largest absolute Gasteiger partial charge is 0.493 e. The SMILES string of the molecule is CCOc1ccc(/C=C2\N=C(c3ccc(C)cc3)OC2=O)cc1OC. The van der Waals surface area contributed by atoms with Gasteiger partial charge in [-0.05, 0) is 49.8 Å². The van der Waals surface area contributed by atoms with Gasteiger partial charge in [0.2, 0.25) is 5.90 Å². The van der Waals surface area contributed by atoms with Gasteiger partial charge in [0.05, 0.1) is 13.7 Å². The van der Waals surface area contributed by atoms with Crippen LogP contribution in [0.3, 0.4) is 0 Å². The third kappa shape index (κ3) is 3.71. The lowest BCUT2D eigenvalue weighted by Crippen LogP contribution is -2.05. The monoisotopic (exact) mass is 337 g/mol. The van der Waals surface area contributed by atoms with E-state index < -0.39 is 5.97 Å². The zero-order valence-corrected chi connectivity index (χ0v) is 14.4. The van der Waals surface area contributed by atoms with Crippen LogP contribution in [0, 0.1) is 6.92 Å². The fourth-order valence-corrected chi connectivity index (χ4v) is 2.44. The van der Waals surface area contributed by atoms with Crippen molar-refractivity contribution in [2.75, 3.05) is 13.7 Å². The first-order valence-electron chi connectivity index (χ1n) is 8.01. The van der Waals surface area contributed by atoms with E-state index in [2.05, 4.69) is 4.99 Å². The van der Waals surface area contributed by atoms with Crippen molar-refractivity contribution >= 4 is 17.9 Å². The minimum absolute atomic E-state index is 0.252. The number of ether oxygens (including phenoxy) is 3. The van der Waals surface area contributed by atoms with E-state index in [9.17, 15) is 4.79 Å². The molecule has 2 aromatic carbocycles. The lowest BCUT2D eigenvalue weighted by Gasteiger charge is -2.09. The van der Waals surface area contributed by atoms with Crippen LogP contribution in [0.1, 0.15) is 23.6 Å². The number of methoxy groups -OCH3 is 1. The van der Waals surface area contributed by atoms with Gasteiger partial charge in [0, 0.05) is 5.56 Å². The van der Waals surface area contributed by atoms with Crippen LogP contribution in [0.5, 0.6) is 11.5 Å². The Morgan fingerprint density at radius 3 is 2.56 bits per heavy atom. The highest BCUT2D eigenvalue weighted by Crippen LogP contribution is 2.29. The Balaban J connectivity index is 1.90. The van der Waals surface area contributed by atoms with Gasteiger partial charge in [-0.15, -0.1) is 0 Å². The summed E-state index contributed by atoms with van der Waals surface area (Å²) in [7, 11) is 1.58. The number of hydrogen-bond donors (Lipinski definition) is 0. The summed E-state index contributed by atoms with van der Waals surface area (Å²) in [5.41, 5.74) is 2.93. The third-order valence-electron chi connectivity index (χ3n) is 3.71. The van der Waals surface area contributed by atoms with Crippen molar-refractivity contribution in [3.63, 3.8) is 0 Å². The Morgan fingerprint density at radius 1 is 1.12 bits per heavy atom. The fraction of sp³-hybridized carbons (Fsp3) is 0.200. The standard InChI is InChI=1S/C20H19NO4/c1-4-24-17-10-7-14(12-18(17)23-3)11-16-20(22)25-19(21-16)15-8-5-13(2)6-9-15/h5-12H,4H2,1-3H3/b16-11-. The van der Waals surface area contributed by atoms with Crippen LogP contribution in [0.15, 0.2) is 53.2 Å². The molecule has 1 aliphatic heterocycles. The molecule has 0 N–H and O–H groups in total. The Bertz CT molecular complexity index is 850. The summed E-state index contributed by atoms with van der Waals surface area (Å²) in [5, 5.41) is 0. The van der Waals surface area contributed by atoms with Gasteiger partial charge in [-0.1, -0.05) is 23.8 Å². The molecule has 1 aliphatic rings. The quantitative estimate of drug-likeness (QED) is 0.616. The molecule has 25 heavy (non-hydrogen) atoms. The molecule has 0 saturated carbocycles. The van der Waals surface area contributed by atoms with Crippen molar-refractivity contribution in [1.82, 2.24) is 0 Å². The van der Waals surface area contributed by atoms with Crippen LogP contribution in [0.25, 0.3) is 6.08 Å². The second-order valence-corrected chi connectivity index (χ2v) is 5.55. The van der Waals surface area contributed by atoms with Gasteiger partial charge in [-0.3, -0.25) is 0 Å². The van der Waals surface area contributed by atoms with E-state index in [1.807, 2.05) is 44.2 Å². The molecular formula is C20H19NO4. The maximum absolute atomic E-state index is 12.1. The van der Waals surface area contributed by atoms with E-state index in [0.717, 1.165) is 16.7 Å². The number of rotatable bonds is 5. The second kappa shape index (κ2) is 7.21. The smallest absolute Gasteiger partial charge is 0.363 e. The zero-order chi connectivity index (χ0) is 17.8. The first kappa shape index (κ1) is 16.8. The molecule has 0 amide bonds. The van der Waals surface area contributed by atoms with Crippen LogP contribution in [0.2, 0.25) is 0 Å². The molecule has 0 fully saturated rings. The summed E-state index contributed by atoms with van der Waals surface area (Å²) >= 11 is 0. The lowest BCUT2D eigenvalue weighted by atomic mass is 10.1. The van der Waals surface area contributed by atoms with Crippen LogP contribution in [-0.2, 0) is 9.53 Å². The second-order valence-electron chi connectivity index (χ2n) is 5.55. The van der Waals surface area contributed by atoms with Gasteiger partial charge in [0.1, 0.15) is 0 Å². The van der Waals surface area contributed by atoms with Gasteiger partial charge < -0.3 is 14.2 Å². The average Bonchev–Trinajstić information content (AvgIpc) is 2.97. The molecule has 0 aliphatic carbocycles. The molecule has 0 spiro atoms. The molecule has 0 radical (unpaired) electrons. The lowest BCUT2D eigenvalue weighted by molar-refractivity contribution is -0.129. The van der Waals surface area contributed by atoms with Crippen LogP contribution >= 0.6 is 0 Å². The number of carbonyl (C=O) groups is 1. The molecule has 2 aromatic rings. The number of nitrogens with zero attached hydrogens (tertiary/aromatic N) is 1. The summed E-state index contributed by atoms with van der Waals surface area (Å²) in [6.45, 7) is 4.45. The van der Waals surface area contributed by atoms with Gasteiger partial charge >= 0.3 is 5.97 Å². The summed E-state index contributed by atoms with van der Waals surface area (Å²) in [5.74, 6) is 1.10. The minimum atomic E-state index is -0.469. The number of cyclic esters (lactones) is 1. The van der Waals surface area contributed by atoms with Crippen LogP contribution < -0.4 is 9.47 Å². The van der Waals surface area contributed by atoms with E-state index in [1.54, 1.807) is 25.3 Å². The predicted molar refractivity (Wildman–Crippen MR) is 95.9 cm³/mol. The molecule has 0 bridgehead atoms. The van der Waals surface area contributed by atoms with Crippen molar-refractivity contribution in [1.29, 1.82) is 0 Å². The van der Waals surface area contributed by atoms with E-state index >= 15 is 0 Å². The van der Waals surface area contributed by atoms with Gasteiger partial charge in [0.25, 0.3) is 0 Å². The normalized spacial score (nSPS) is 15.1. The number of benzene rings is 2. The molecule has 0 aromatic heterocycles. The Morgan fingerprint density at radius 2 is 1.88 bits per heavy atom. The Kier molecular flexibility index (Phi) is 4.84. The number of aryl methyl sites for hydroxylation is 1. The van der Waals surface area contributed by atoms with E-state index in [1.165, 1.54) is 0 Å². The van der Waals surface area contributed by atoms with Gasteiger partial charge in [0.15, 0.2) is 17.2 Å². The molecule has 1 heterocycles. The third-order valence-corrected chi connectivity index (χ3v) is 3.71. The average molecular weight is 337 g/mol. The van der Waals surface area contributed by atoms with Crippen molar-refractivity contribution in [3.8, 4) is 11.5 Å². The molecule has 0 atom stereocenters. The molecule has 5 nitrogen and oxygen atoms in total. The fourth-order valence-electron chi connectivity index (χ4n) is 2.44. The number of esters is 1. The maximum atomic E-state index is 12.1. The highest BCUT2D eigenvalue weighted by atomic mass is 16.6. The molecule has 128 valence electrons. The Labute approximate surface area is 146 Å². The number of aliphatic imine (C=N–C) groups is 1. The van der Waals surface area contributed by atoms with Crippen molar-refractivity contribution in [2.24, 2.45) is 4.99 Å². The van der Waals surface area contributed by atoms with E-state index in [0.29, 0.717) is 24.0 Å². The van der Waals surface area contributed by atoms with E-state index in [4.69, 9.17) is 14.2 Å². The van der Waals surface area contributed by atoms with Crippen molar-refractivity contribution < 1.29 is 19.0 Å². The van der Waals surface area contributed by atoms with Crippen molar-refractivity contribution in [3.05, 3.63) is 64.9 Å². The summed E-state index contributed by atoms with van der Waals surface area (Å²) in [4.78, 5) is 16.4. The van der Waals surface area contributed by atoms with Gasteiger partial charge in [-0.2, -0.15) is 0 Å². The predicted octanol–water partition coefficient (Wildman–Crippen LogP) is 3.75. The summed E-state index contributed by atoms with van der Waals surface area (Å²) in [6, 6.07) is 13.1. The number of hydrogen-bond acceptors (Lipinski definition) is 5. The van der Waals surface area contributed by atoms with Crippen LogP contribution in [-0.4, -0.2) is 25.6 Å². The Hall–Kier alpha value is -3.08. The molecule has 0 unspecified atom stereocenters. The molecule has 0 saturated heterocycles. The minimum Gasteiger partial charge on any atom is -0.493 e. The van der Waals surface area contributed by atoms with Crippen LogP contribution in [0.4, 0.5) is 0 Å². The summed E-state index contributed by atoms with van der Waals surface area (Å²) < 4.78 is 16.1. The molecular weight excluding hydrogens is 318 g/mol. The molecule has 5 heteroatoms. The maximum Gasteiger partial charge on any atom is 0.363 e. The summed E-state index contributed by atoms with van der Waals surface area (Å²) in [6.07, 6.45) is 1.67. The highest BCUT2D eigenvalue weighted by Gasteiger charge is 2.24. The van der Waals surface area contributed by atoms with Crippen molar-refractivity contribution in [2.45, 2.75) is 13.8 Å². The topological polar surface area (TPSA) is 57.1 Å². The zero-order valence-electron chi connectivity index (χ0n) is 14.4. The first-order valence-corrected chi connectivity index (χ1v) is 8.01. The number of carbonyl (C=O) groups excluding carboxylic acids is 1. The van der Waals surface area contributed by atoms with Gasteiger partial charge in [-0.25, -0.2) is 9.79 Å². The van der Waals surface area contributed by atoms with E-state index in [-0.39, 0.29) is 5.70 Å². The first-order chi connectivity index (χ1) is 12.1.